The average molecular weight is 258 g/mol. The Morgan fingerprint density at radius 3 is 2.42 bits per heavy atom. The van der Waals surface area contributed by atoms with E-state index in [9.17, 15) is 0 Å². The minimum Gasteiger partial charge on any atom is -0.492 e. The maximum Gasteiger partial charge on any atom is 0.119 e. The van der Waals surface area contributed by atoms with Gasteiger partial charge < -0.3 is 16.2 Å². The summed E-state index contributed by atoms with van der Waals surface area (Å²) in [6.45, 7) is 7.27. The molecule has 0 fully saturated rings. The SMILES string of the molecule is C=C/C(=C\C(=C/C)c1ccc(CN)cc1)OCCN. The lowest BCUT2D eigenvalue weighted by Crippen LogP contribution is -2.07. The monoisotopic (exact) mass is 258 g/mol. The van der Waals surface area contributed by atoms with Gasteiger partial charge >= 0.3 is 0 Å². The Labute approximate surface area is 115 Å². The zero-order chi connectivity index (χ0) is 14.1. The van der Waals surface area contributed by atoms with Crippen molar-refractivity contribution < 1.29 is 4.74 Å². The van der Waals surface area contributed by atoms with Crippen LogP contribution in [-0.4, -0.2) is 13.2 Å². The molecule has 0 saturated carbocycles. The van der Waals surface area contributed by atoms with Gasteiger partial charge in [0.2, 0.25) is 0 Å². The van der Waals surface area contributed by atoms with Gasteiger partial charge in [0.1, 0.15) is 12.4 Å². The van der Waals surface area contributed by atoms with E-state index in [1.165, 1.54) is 0 Å². The molecule has 1 aromatic carbocycles. The van der Waals surface area contributed by atoms with E-state index in [-0.39, 0.29) is 0 Å². The third-order valence-corrected chi connectivity index (χ3v) is 2.72. The van der Waals surface area contributed by atoms with E-state index in [1.54, 1.807) is 6.08 Å². The molecule has 0 atom stereocenters. The zero-order valence-electron chi connectivity index (χ0n) is 11.4. The van der Waals surface area contributed by atoms with Crippen molar-refractivity contribution in [2.75, 3.05) is 13.2 Å². The molecule has 0 radical (unpaired) electrons. The van der Waals surface area contributed by atoms with Crippen molar-refractivity contribution in [1.82, 2.24) is 0 Å². The molecule has 102 valence electrons. The van der Waals surface area contributed by atoms with Crippen molar-refractivity contribution in [3.8, 4) is 0 Å². The van der Waals surface area contributed by atoms with Gasteiger partial charge in [0.15, 0.2) is 0 Å². The van der Waals surface area contributed by atoms with Crippen LogP contribution in [0.25, 0.3) is 5.57 Å². The van der Waals surface area contributed by atoms with Crippen LogP contribution in [0.3, 0.4) is 0 Å². The van der Waals surface area contributed by atoms with E-state index in [0.717, 1.165) is 22.5 Å². The summed E-state index contributed by atoms with van der Waals surface area (Å²) in [7, 11) is 0. The van der Waals surface area contributed by atoms with E-state index >= 15 is 0 Å². The normalized spacial score (nSPS) is 12.4. The second kappa shape index (κ2) is 8.29. The summed E-state index contributed by atoms with van der Waals surface area (Å²) in [5.41, 5.74) is 14.3. The quantitative estimate of drug-likeness (QED) is 0.583. The van der Waals surface area contributed by atoms with E-state index in [0.29, 0.717) is 19.7 Å². The average Bonchev–Trinajstić information content (AvgIpc) is 2.48. The molecule has 1 aromatic rings. The van der Waals surface area contributed by atoms with E-state index < -0.39 is 0 Å². The Kier molecular flexibility index (Phi) is 6.64. The lowest BCUT2D eigenvalue weighted by molar-refractivity contribution is 0.234. The van der Waals surface area contributed by atoms with Crippen LogP contribution < -0.4 is 11.5 Å². The molecule has 0 spiro atoms. The predicted octanol–water partition coefficient (Wildman–Crippen LogP) is 2.59. The first-order valence-corrected chi connectivity index (χ1v) is 6.37. The van der Waals surface area contributed by atoms with E-state index in [4.69, 9.17) is 16.2 Å². The van der Waals surface area contributed by atoms with Crippen molar-refractivity contribution in [2.24, 2.45) is 11.5 Å². The van der Waals surface area contributed by atoms with Crippen LogP contribution in [0.15, 0.2) is 54.8 Å². The first kappa shape index (κ1) is 15.2. The number of nitrogens with two attached hydrogens (primary N) is 2. The molecule has 0 heterocycles. The molecular weight excluding hydrogens is 236 g/mol. The van der Waals surface area contributed by atoms with Gasteiger partial charge in [-0.2, -0.15) is 0 Å². The third-order valence-electron chi connectivity index (χ3n) is 2.72. The fourth-order valence-corrected chi connectivity index (χ4v) is 1.66. The maximum atomic E-state index is 5.59. The first-order valence-electron chi connectivity index (χ1n) is 6.37. The standard InChI is InChI=1S/C16H22N2O/c1-3-14(11-16(4-2)19-10-9-17)15-7-5-13(12-18)6-8-15/h3-8,11H,2,9-10,12,17-18H2,1H3/b14-3+,16-11+. The highest BCUT2D eigenvalue weighted by Crippen LogP contribution is 2.19. The number of hydrogen-bond donors (Lipinski definition) is 2. The highest BCUT2D eigenvalue weighted by atomic mass is 16.5. The Hall–Kier alpha value is -1.84. The minimum atomic E-state index is 0.487. The Bertz CT molecular complexity index is 458. The largest absolute Gasteiger partial charge is 0.492 e. The van der Waals surface area contributed by atoms with E-state index in [1.807, 2.05) is 31.2 Å². The highest BCUT2D eigenvalue weighted by Gasteiger charge is 2.00. The molecular formula is C16H22N2O. The van der Waals surface area contributed by atoms with Crippen molar-refractivity contribution in [1.29, 1.82) is 0 Å². The Balaban J connectivity index is 2.92. The fraction of sp³-hybridized carbons (Fsp3) is 0.250. The molecule has 0 aromatic heterocycles. The number of allylic oxidation sites excluding steroid dienone is 4. The first-order chi connectivity index (χ1) is 9.24. The minimum absolute atomic E-state index is 0.487. The summed E-state index contributed by atoms with van der Waals surface area (Å²) < 4.78 is 5.50. The fourth-order valence-electron chi connectivity index (χ4n) is 1.66. The Morgan fingerprint density at radius 2 is 1.95 bits per heavy atom. The lowest BCUT2D eigenvalue weighted by atomic mass is 10.0. The molecule has 0 aliphatic rings. The smallest absolute Gasteiger partial charge is 0.119 e. The highest BCUT2D eigenvalue weighted by molar-refractivity contribution is 5.74. The van der Waals surface area contributed by atoms with Crippen LogP contribution in [0, 0.1) is 0 Å². The molecule has 0 aliphatic carbocycles. The maximum absolute atomic E-state index is 5.59. The summed E-state index contributed by atoms with van der Waals surface area (Å²) >= 11 is 0. The summed E-state index contributed by atoms with van der Waals surface area (Å²) in [6.07, 6.45) is 5.68. The Morgan fingerprint density at radius 1 is 1.26 bits per heavy atom. The topological polar surface area (TPSA) is 61.3 Å². The summed E-state index contributed by atoms with van der Waals surface area (Å²) in [4.78, 5) is 0. The summed E-state index contributed by atoms with van der Waals surface area (Å²) in [6, 6.07) is 8.16. The molecule has 0 unspecified atom stereocenters. The van der Waals surface area contributed by atoms with Crippen molar-refractivity contribution >= 4 is 5.57 Å². The van der Waals surface area contributed by atoms with Crippen molar-refractivity contribution in [3.05, 3.63) is 66.0 Å². The van der Waals surface area contributed by atoms with Crippen molar-refractivity contribution in [3.63, 3.8) is 0 Å². The second-order valence-corrected chi connectivity index (χ2v) is 4.03. The van der Waals surface area contributed by atoms with Gasteiger partial charge in [-0.1, -0.05) is 36.9 Å². The van der Waals surface area contributed by atoms with Crippen LogP contribution >= 0.6 is 0 Å². The van der Waals surface area contributed by atoms with Gasteiger partial charge in [-0.15, -0.1) is 0 Å². The van der Waals surface area contributed by atoms with Gasteiger partial charge in [-0.3, -0.25) is 0 Å². The molecule has 4 N–H and O–H groups in total. The molecule has 1 rings (SSSR count). The number of ether oxygens (including phenoxy) is 1. The molecule has 0 bridgehead atoms. The van der Waals surface area contributed by atoms with Crippen LogP contribution in [-0.2, 0) is 11.3 Å². The zero-order valence-corrected chi connectivity index (χ0v) is 11.4. The van der Waals surface area contributed by atoms with Gasteiger partial charge in [0, 0.05) is 13.1 Å². The van der Waals surface area contributed by atoms with Crippen LogP contribution in [0.4, 0.5) is 0 Å². The van der Waals surface area contributed by atoms with Crippen LogP contribution in [0.1, 0.15) is 18.1 Å². The summed E-state index contributed by atoms with van der Waals surface area (Å²) in [5.74, 6) is 0.724. The lowest BCUT2D eigenvalue weighted by Gasteiger charge is -2.08. The van der Waals surface area contributed by atoms with E-state index in [2.05, 4.69) is 18.7 Å². The van der Waals surface area contributed by atoms with Gasteiger partial charge in [-0.25, -0.2) is 0 Å². The molecule has 0 saturated heterocycles. The predicted molar refractivity (Wildman–Crippen MR) is 81.3 cm³/mol. The van der Waals surface area contributed by atoms with Gasteiger partial charge in [0.05, 0.1) is 0 Å². The van der Waals surface area contributed by atoms with Crippen molar-refractivity contribution in [2.45, 2.75) is 13.5 Å². The summed E-state index contributed by atoms with van der Waals surface area (Å²) in [5, 5.41) is 0. The van der Waals surface area contributed by atoms with Gasteiger partial charge in [0.25, 0.3) is 0 Å². The molecule has 3 nitrogen and oxygen atoms in total. The third kappa shape index (κ3) is 4.73. The molecule has 19 heavy (non-hydrogen) atoms. The van der Waals surface area contributed by atoms with Crippen LogP contribution in [0.5, 0.6) is 0 Å². The number of rotatable bonds is 7. The molecule has 3 heteroatoms. The second-order valence-electron chi connectivity index (χ2n) is 4.03. The van der Waals surface area contributed by atoms with Crippen LogP contribution in [0.2, 0.25) is 0 Å². The molecule has 0 aliphatic heterocycles. The number of benzene rings is 1. The number of hydrogen-bond acceptors (Lipinski definition) is 3. The van der Waals surface area contributed by atoms with Gasteiger partial charge in [-0.05, 0) is 35.8 Å². The molecule has 0 amide bonds.